The number of alkyl halides is 4. The summed E-state index contributed by atoms with van der Waals surface area (Å²) in [6.07, 6.45) is 1.63. The number of ether oxygens (including phenoxy) is 1. The lowest BCUT2D eigenvalue weighted by atomic mass is 9.73. The highest BCUT2D eigenvalue weighted by Gasteiger charge is 2.89. The van der Waals surface area contributed by atoms with E-state index in [4.69, 9.17) is 74.3 Å². The van der Waals surface area contributed by atoms with Crippen molar-refractivity contribution in [2.45, 2.75) is 32.7 Å². The average Bonchev–Trinajstić information content (AvgIpc) is 2.91. The molecule has 4 fully saturated rings. The zero-order chi connectivity index (χ0) is 13.5. The van der Waals surface area contributed by atoms with Crippen molar-refractivity contribution in [3.8, 4) is 0 Å². The highest BCUT2D eigenvalue weighted by atomic mass is 35.5. The van der Waals surface area contributed by atoms with Gasteiger partial charge in [-0.15, -0.1) is 23.2 Å². The van der Waals surface area contributed by atoms with Gasteiger partial charge < -0.3 is 4.74 Å². The van der Waals surface area contributed by atoms with Gasteiger partial charge in [-0.25, -0.2) is 0 Å². The first kappa shape index (κ1) is 12.9. The molecule has 5 rings (SSSR count). The molecule has 0 aromatic carbocycles. The van der Waals surface area contributed by atoms with Crippen molar-refractivity contribution in [3.63, 3.8) is 0 Å². The SMILES string of the molecule is ClC1=C(Cl)[C@]2(Cl)C3C4CC(C5OC45)C3[C@]1(Cl)C2(Cl)Cl. The highest BCUT2D eigenvalue weighted by molar-refractivity contribution is 6.65. The maximum atomic E-state index is 6.82. The van der Waals surface area contributed by atoms with E-state index in [2.05, 4.69) is 0 Å². The standard InChI is InChI=1S/C12H8Cl6O/c13-8-9(14)11(16)5-3-1-2(6-7(3)19-6)4(5)10(8,15)12(11,17)18/h2-7H,1H2/t2?,3?,4?,5?,6?,7?,10-,11-/m1/s1. The molecule has 7 heteroatoms. The van der Waals surface area contributed by atoms with E-state index < -0.39 is 14.1 Å². The van der Waals surface area contributed by atoms with Crippen LogP contribution in [0.25, 0.3) is 0 Å². The first-order chi connectivity index (χ1) is 8.78. The molecule has 0 aromatic heterocycles. The zero-order valence-corrected chi connectivity index (χ0v) is 13.9. The summed E-state index contributed by atoms with van der Waals surface area (Å²) in [5.74, 6) is 0.776. The number of hydrogen-bond acceptors (Lipinski definition) is 1. The molecule has 6 unspecified atom stereocenters. The molecule has 0 amide bonds. The minimum Gasteiger partial charge on any atom is -0.369 e. The van der Waals surface area contributed by atoms with Gasteiger partial charge in [0.05, 0.1) is 22.3 Å². The lowest BCUT2D eigenvalue weighted by Crippen LogP contribution is -2.46. The van der Waals surface area contributed by atoms with Crippen molar-refractivity contribution >= 4 is 69.6 Å². The number of rotatable bonds is 0. The van der Waals surface area contributed by atoms with E-state index >= 15 is 0 Å². The quantitative estimate of drug-likeness (QED) is 0.343. The molecule has 4 aliphatic carbocycles. The normalized spacial score (nSPS) is 66.6. The van der Waals surface area contributed by atoms with Gasteiger partial charge in [-0.05, 0) is 30.1 Å². The van der Waals surface area contributed by atoms with Crippen LogP contribution in [0.3, 0.4) is 0 Å². The van der Waals surface area contributed by atoms with Gasteiger partial charge in [0.25, 0.3) is 0 Å². The van der Waals surface area contributed by atoms with Crippen molar-refractivity contribution in [2.75, 3.05) is 0 Å². The molecule has 1 heterocycles. The number of fused-ring (bicyclic) bond motifs is 12. The summed E-state index contributed by atoms with van der Waals surface area (Å²) in [5.41, 5.74) is 0. The van der Waals surface area contributed by atoms with E-state index in [0.717, 1.165) is 6.42 Å². The molecule has 1 aliphatic heterocycles. The van der Waals surface area contributed by atoms with Crippen LogP contribution in [0.1, 0.15) is 6.42 Å². The Balaban J connectivity index is 1.80. The fourth-order valence-corrected chi connectivity index (χ4v) is 8.43. The third-order valence-corrected chi connectivity index (χ3v) is 10.2. The molecular formula is C12H8Cl6O. The summed E-state index contributed by atoms with van der Waals surface area (Å²) in [6.45, 7) is 0. The van der Waals surface area contributed by atoms with Crippen molar-refractivity contribution in [2.24, 2.45) is 23.7 Å². The molecular weight excluding hydrogens is 373 g/mol. The molecule has 1 nitrogen and oxygen atoms in total. The molecule has 0 radical (unpaired) electrons. The molecule has 0 N–H and O–H groups in total. The van der Waals surface area contributed by atoms with E-state index in [1.807, 2.05) is 0 Å². The van der Waals surface area contributed by atoms with E-state index in [1.54, 1.807) is 0 Å². The number of hydrogen-bond donors (Lipinski definition) is 0. The summed E-state index contributed by atoms with van der Waals surface area (Å²) >= 11 is 39.5. The fraction of sp³-hybridized carbons (Fsp3) is 0.833. The van der Waals surface area contributed by atoms with Crippen molar-refractivity contribution < 1.29 is 4.74 Å². The highest BCUT2D eigenvalue weighted by Crippen LogP contribution is 2.84. The van der Waals surface area contributed by atoms with Crippen LogP contribution in [-0.4, -0.2) is 26.3 Å². The molecule has 104 valence electrons. The lowest BCUT2D eigenvalue weighted by molar-refractivity contribution is 0.237. The molecule has 4 bridgehead atoms. The second-order valence-electron chi connectivity index (χ2n) is 6.31. The first-order valence-corrected chi connectivity index (χ1v) is 8.52. The Morgan fingerprint density at radius 2 is 1.26 bits per heavy atom. The van der Waals surface area contributed by atoms with Crippen LogP contribution in [0, 0.1) is 23.7 Å². The monoisotopic (exact) mass is 378 g/mol. The molecule has 19 heavy (non-hydrogen) atoms. The summed E-state index contributed by atoms with van der Waals surface area (Å²) in [5, 5.41) is 0.642. The maximum Gasteiger partial charge on any atom is 0.166 e. The molecule has 0 aromatic rings. The van der Waals surface area contributed by atoms with Gasteiger partial charge >= 0.3 is 0 Å². The van der Waals surface area contributed by atoms with Gasteiger partial charge in [0.1, 0.15) is 9.75 Å². The van der Waals surface area contributed by atoms with Crippen molar-refractivity contribution in [3.05, 3.63) is 10.1 Å². The Hall–Kier alpha value is 1.44. The van der Waals surface area contributed by atoms with E-state index in [1.165, 1.54) is 0 Å². The molecule has 0 spiro atoms. The van der Waals surface area contributed by atoms with Crippen molar-refractivity contribution in [1.29, 1.82) is 0 Å². The van der Waals surface area contributed by atoms with Crippen LogP contribution in [0.2, 0.25) is 0 Å². The topological polar surface area (TPSA) is 12.5 Å². The largest absolute Gasteiger partial charge is 0.369 e. The summed E-state index contributed by atoms with van der Waals surface area (Å²) in [4.78, 5) is -2.17. The van der Waals surface area contributed by atoms with Gasteiger partial charge in [-0.3, -0.25) is 0 Å². The Kier molecular flexibility index (Phi) is 2.18. The van der Waals surface area contributed by atoms with E-state index in [9.17, 15) is 0 Å². The van der Waals surface area contributed by atoms with Crippen LogP contribution >= 0.6 is 69.6 Å². The minimum atomic E-state index is -1.37. The predicted octanol–water partition coefficient (Wildman–Crippen LogP) is 4.48. The van der Waals surface area contributed by atoms with Gasteiger partial charge in [0, 0.05) is 0 Å². The van der Waals surface area contributed by atoms with Crippen LogP contribution < -0.4 is 0 Å². The van der Waals surface area contributed by atoms with Crippen LogP contribution in [0.5, 0.6) is 0 Å². The summed E-state index contributed by atoms with van der Waals surface area (Å²) in [7, 11) is 0. The van der Waals surface area contributed by atoms with E-state index in [-0.39, 0.29) is 24.0 Å². The maximum absolute atomic E-state index is 6.82. The second kappa shape index (κ2) is 3.20. The van der Waals surface area contributed by atoms with E-state index in [0.29, 0.717) is 21.9 Å². The Morgan fingerprint density at radius 3 is 1.68 bits per heavy atom. The first-order valence-electron chi connectivity index (χ1n) is 6.25. The van der Waals surface area contributed by atoms with Crippen LogP contribution in [0.15, 0.2) is 10.1 Å². The van der Waals surface area contributed by atoms with Gasteiger partial charge in [0.15, 0.2) is 4.33 Å². The third kappa shape index (κ3) is 0.986. The van der Waals surface area contributed by atoms with Gasteiger partial charge in [-0.2, -0.15) is 0 Å². The molecule has 1 saturated heterocycles. The Bertz CT molecular complexity index is 516. The van der Waals surface area contributed by atoms with Crippen LogP contribution in [-0.2, 0) is 4.74 Å². The smallest absolute Gasteiger partial charge is 0.166 e. The second-order valence-corrected chi connectivity index (χ2v) is 9.58. The lowest BCUT2D eigenvalue weighted by Gasteiger charge is -2.38. The molecule has 5 aliphatic rings. The minimum absolute atomic E-state index is 0.0467. The number of allylic oxidation sites excluding steroid dienone is 2. The average molecular weight is 381 g/mol. The molecule has 8 atom stereocenters. The summed E-state index contributed by atoms with van der Waals surface area (Å²) in [6, 6.07) is 0. The molecule has 3 saturated carbocycles. The number of halogens is 6. The zero-order valence-electron chi connectivity index (χ0n) is 9.35. The Morgan fingerprint density at radius 1 is 0.842 bits per heavy atom. The van der Waals surface area contributed by atoms with Crippen LogP contribution in [0.4, 0.5) is 0 Å². The predicted molar refractivity (Wildman–Crippen MR) is 77.6 cm³/mol. The fourth-order valence-electron chi connectivity index (χ4n) is 5.30. The van der Waals surface area contributed by atoms with Gasteiger partial charge in [-0.1, -0.05) is 46.4 Å². The number of epoxide rings is 1. The third-order valence-electron chi connectivity index (χ3n) is 5.92. The Labute approximate surface area is 140 Å². The summed E-state index contributed by atoms with van der Waals surface area (Å²) < 4.78 is 4.35. The van der Waals surface area contributed by atoms with Crippen molar-refractivity contribution in [1.82, 2.24) is 0 Å². The van der Waals surface area contributed by atoms with Gasteiger partial charge in [0.2, 0.25) is 0 Å².